The third kappa shape index (κ3) is 2.29. The summed E-state index contributed by atoms with van der Waals surface area (Å²) in [4.78, 5) is 0. The van der Waals surface area contributed by atoms with E-state index in [4.69, 9.17) is 0 Å². The van der Waals surface area contributed by atoms with Crippen LogP contribution in [-0.4, -0.2) is 7.18 Å². The first-order valence-corrected chi connectivity index (χ1v) is 3.73. The first-order chi connectivity index (χ1) is 5.63. The van der Waals surface area contributed by atoms with Crippen molar-refractivity contribution in [2.45, 2.75) is 20.8 Å². The maximum atomic E-state index is 12.8. The summed E-state index contributed by atoms with van der Waals surface area (Å²) in [5.74, 6) is -0.108. The van der Waals surface area contributed by atoms with E-state index in [1.54, 1.807) is 13.0 Å². The minimum absolute atomic E-state index is 0.108. The molecule has 0 saturated carbocycles. The predicted octanol–water partition coefficient (Wildman–Crippen LogP) is 3.34. The van der Waals surface area contributed by atoms with Gasteiger partial charge in [0, 0.05) is 0 Å². The second-order valence-electron chi connectivity index (χ2n) is 2.61. The number of hydrogen-bond acceptors (Lipinski definition) is 0. The van der Waals surface area contributed by atoms with Gasteiger partial charge in [-0.2, -0.15) is 0 Å². The second kappa shape index (κ2) is 4.86. The van der Waals surface area contributed by atoms with Crippen LogP contribution in [0.1, 0.15) is 16.7 Å². The van der Waals surface area contributed by atoms with E-state index in [2.05, 4.69) is 0 Å². The van der Waals surface area contributed by atoms with Crippen LogP contribution < -0.4 is 0 Å². The molecule has 0 atom stereocenters. The quantitative estimate of drug-likeness (QED) is 0.563. The van der Waals surface area contributed by atoms with Crippen molar-refractivity contribution >= 4 is 0 Å². The molecule has 12 heavy (non-hydrogen) atoms. The summed E-state index contributed by atoms with van der Waals surface area (Å²) >= 11 is 0. The van der Waals surface area contributed by atoms with Crippen molar-refractivity contribution in [2.24, 2.45) is 0 Å². The summed E-state index contributed by atoms with van der Waals surface area (Å²) in [7, 11) is 0.500. The van der Waals surface area contributed by atoms with Gasteiger partial charge in [-0.1, -0.05) is 6.07 Å². The van der Waals surface area contributed by atoms with Crippen LogP contribution in [0.2, 0.25) is 0 Å². The highest BCUT2D eigenvalue weighted by molar-refractivity contribution is 5.32. The van der Waals surface area contributed by atoms with Gasteiger partial charge in [-0.3, -0.25) is 4.39 Å². The van der Waals surface area contributed by atoms with E-state index in [1.165, 1.54) is 6.07 Å². The topological polar surface area (TPSA) is 0 Å². The Morgan fingerprint density at radius 3 is 1.83 bits per heavy atom. The SMILES string of the molecule is CF.Cc1ccc(F)c(C)c1C. The first-order valence-electron chi connectivity index (χ1n) is 3.73. The van der Waals surface area contributed by atoms with Crippen LogP contribution in [0.15, 0.2) is 12.1 Å². The molecule has 0 spiro atoms. The molecule has 0 nitrogen and oxygen atoms in total. The molecule has 0 bridgehead atoms. The number of benzene rings is 1. The molecule has 0 aliphatic carbocycles. The average molecular weight is 172 g/mol. The van der Waals surface area contributed by atoms with Gasteiger partial charge in [0.2, 0.25) is 0 Å². The highest BCUT2D eigenvalue weighted by Gasteiger charge is 2.00. The molecule has 1 aromatic rings. The van der Waals surface area contributed by atoms with Crippen LogP contribution in [0.3, 0.4) is 0 Å². The Labute approximate surface area is 72.2 Å². The highest BCUT2D eigenvalue weighted by Crippen LogP contribution is 2.14. The molecule has 0 saturated heterocycles. The molecule has 0 aliphatic heterocycles. The summed E-state index contributed by atoms with van der Waals surface area (Å²) in [6.07, 6.45) is 0. The van der Waals surface area contributed by atoms with E-state index >= 15 is 0 Å². The van der Waals surface area contributed by atoms with Crippen LogP contribution in [-0.2, 0) is 0 Å². The molecular weight excluding hydrogens is 158 g/mol. The zero-order chi connectivity index (χ0) is 9.72. The fraction of sp³-hybridized carbons (Fsp3) is 0.400. The molecule has 0 heterocycles. The van der Waals surface area contributed by atoms with Crippen LogP contribution in [0.4, 0.5) is 8.78 Å². The maximum absolute atomic E-state index is 12.8. The lowest BCUT2D eigenvalue weighted by Crippen LogP contribution is -1.89. The second-order valence-corrected chi connectivity index (χ2v) is 2.61. The molecule has 0 aliphatic rings. The van der Waals surface area contributed by atoms with Gasteiger partial charge >= 0.3 is 0 Å². The lowest BCUT2D eigenvalue weighted by Gasteiger charge is -2.03. The summed E-state index contributed by atoms with van der Waals surface area (Å²) < 4.78 is 22.3. The van der Waals surface area contributed by atoms with Crippen molar-refractivity contribution in [3.05, 3.63) is 34.6 Å². The Kier molecular flexibility index (Phi) is 4.49. The predicted molar refractivity (Wildman–Crippen MR) is 47.6 cm³/mol. The van der Waals surface area contributed by atoms with Gasteiger partial charge in [0.15, 0.2) is 0 Å². The third-order valence-corrected chi connectivity index (χ3v) is 1.99. The molecule has 68 valence electrons. The first kappa shape index (κ1) is 11.1. The van der Waals surface area contributed by atoms with Crippen molar-refractivity contribution in [3.63, 3.8) is 0 Å². The smallest absolute Gasteiger partial charge is 0.126 e. The van der Waals surface area contributed by atoms with E-state index in [9.17, 15) is 8.78 Å². The number of hydrogen-bond donors (Lipinski definition) is 0. The fourth-order valence-corrected chi connectivity index (χ4v) is 0.923. The standard InChI is InChI=1S/C9H11F.CH3F/c1-6-4-5-9(10)8(3)7(6)2;1-2/h4-5H,1-3H3;1H3. The van der Waals surface area contributed by atoms with E-state index in [1.807, 2.05) is 13.8 Å². The molecular formula is C10H14F2. The van der Waals surface area contributed by atoms with Crippen LogP contribution in [0.25, 0.3) is 0 Å². The fourth-order valence-electron chi connectivity index (χ4n) is 0.923. The van der Waals surface area contributed by atoms with Gasteiger partial charge < -0.3 is 0 Å². The third-order valence-electron chi connectivity index (χ3n) is 1.99. The van der Waals surface area contributed by atoms with Crippen molar-refractivity contribution in [1.82, 2.24) is 0 Å². The van der Waals surface area contributed by atoms with Crippen LogP contribution in [0, 0.1) is 26.6 Å². The molecule has 0 N–H and O–H groups in total. The summed E-state index contributed by atoms with van der Waals surface area (Å²) in [6, 6.07) is 3.31. The number of aryl methyl sites for hydroxylation is 1. The van der Waals surface area contributed by atoms with Gasteiger partial charge in [-0.15, -0.1) is 0 Å². The van der Waals surface area contributed by atoms with Crippen LogP contribution in [0.5, 0.6) is 0 Å². The normalized spacial score (nSPS) is 8.83. The van der Waals surface area contributed by atoms with E-state index in [0.717, 1.165) is 16.7 Å². The van der Waals surface area contributed by atoms with Gasteiger partial charge in [0.05, 0.1) is 7.18 Å². The lowest BCUT2D eigenvalue weighted by atomic mass is 10.0. The molecule has 0 unspecified atom stereocenters. The Bertz CT molecular complexity index is 227. The molecule has 0 fully saturated rings. The Morgan fingerprint density at radius 2 is 1.42 bits per heavy atom. The largest absolute Gasteiger partial charge is 0.255 e. The Morgan fingerprint density at radius 1 is 0.917 bits per heavy atom. The molecule has 0 radical (unpaired) electrons. The zero-order valence-electron chi connectivity index (χ0n) is 7.91. The van der Waals surface area contributed by atoms with Crippen molar-refractivity contribution in [3.8, 4) is 0 Å². The van der Waals surface area contributed by atoms with Crippen molar-refractivity contribution in [1.29, 1.82) is 0 Å². The Balaban J connectivity index is 0.000000561. The van der Waals surface area contributed by atoms with Gasteiger partial charge in [-0.05, 0) is 43.5 Å². The van der Waals surface area contributed by atoms with Gasteiger partial charge in [0.25, 0.3) is 0 Å². The molecule has 1 aromatic carbocycles. The molecule has 2 heteroatoms. The number of rotatable bonds is 0. The monoisotopic (exact) mass is 172 g/mol. The molecule has 0 amide bonds. The summed E-state index contributed by atoms with van der Waals surface area (Å²) in [6.45, 7) is 5.73. The molecule has 0 aromatic heterocycles. The number of halogens is 2. The average Bonchev–Trinajstić information content (AvgIpc) is 2.12. The van der Waals surface area contributed by atoms with E-state index in [0.29, 0.717) is 7.18 Å². The minimum Gasteiger partial charge on any atom is -0.255 e. The van der Waals surface area contributed by atoms with Crippen LogP contribution >= 0.6 is 0 Å². The minimum atomic E-state index is -0.108. The van der Waals surface area contributed by atoms with Crippen molar-refractivity contribution in [2.75, 3.05) is 7.18 Å². The van der Waals surface area contributed by atoms with Gasteiger partial charge in [-0.25, -0.2) is 4.39 Å². The van der Waals surface area contributed by atoms with Crippen molar-refractivity contribution < 1.29 is 8.78 Å². The molecule has 1 rings (SSSR count). The Hall–Kier alpha value is -0.920. The maximum Gasteiger partial charge on any atom is 0.126 e. The summed E-state index contributed by atoms with van der Waals surface area (Å²) in [5.41, 5.74) is 2.97. The zero-order valence-corrected chi connectivity index (χ0v) is 7.91. The highest BCUT2D eigenvalue weighted by atomic mass is 19.1. The van der Waals surface area contributed by atoms with Gasteiger partial charge in [0.1, 0.15) is 5.82 Å². The lowest BCUT2D eigenvalue weighted by molar-refractivity contribution is 0.616. The van der Waals surface area contributed by atoms with E-state index in [-0.39, 0.29) is 5.82 Å². The number of alkyl halides is 1. The summed E-state index contributed by atoms with van der Waals surface area (Å²) in [5, 5.41) is 0. The van der Waals surface area contributed by atoms with E-state index < -0.39 is 0 Å².